The highest BCUT2D eigenvalue weighted by Gasteiger charge is 2.05. The Morgan fingerprint density at radius 3 is 2.83 bits per heavy atom. The van der Waals surface area contributed by atoms with Crippen LogP contribution in [0.1, 0.15) is 12.1 Å². The van der Waals surface area contributed by atoms with Gasteiger partial charge in [0, 0.05) is 19.5 Å². The minimum absolute atomic E-state index is 0.00676. The number of aromatic nitrogens is 1. The van der Waals surface area contributed by atoms with Crippen LogP contribution in [0.4, 0.5) is 0 Å². The third kappa shape index (κ3) is 1.98. The zero-order valence-corrected chi connectivity index (χ0v) is 6.61. The van der Waals surface area contributed by atoms with Gasteiger partial charge in [-0.25, -0.2) is 9.53 Å². The molecular weight excluding hydrogens is 162 g/mol. The number of hydrogen-bond donors (Lipinski definition) is 1. The van der Waals surface area contributed by atoms with Crippen LogP contribution in [0.3, 0.4) is 0 Å². The molecule has 5 heteroatoms. The zero-order chi connectivity index (χ0) is 9.14. The van der Waals surface area contributed by atoms with Crippen molar-refractivity contribution in [3.05, 3.63) is 22.2 Å². The molecule has 1 N–H and O–H groups in total. The highest BCUT2D eigenvalue weighted by molar-refractivity contribution is 5.66. The maximum Gasteiger partial charge on any atom is 0.357 e. The van der Waals surface area contributed by atoms with Gasteiger partial charge in [0.25, 0.3) is 0 Å². The molecule has 1 aromatic heterocycles. The maximum absolute atomic E-state index is 10.6. The molecule has 5 nitrogen and oxygen atoms in total. The second kappa shape index (κ2) is 3.25. The standard InChI is InChI=1S/C7H9NO4/c1-8-5(2-3-6(9)10)4-7(11)12-8/h4H,2-3H2,1H3,(H,9,10). The number of carbonyl (C=O) groups is 1. The summed E-state index contributed by atoms with van der Waals surface area (Å²) < 4.78 is 5.90. The van der Waals surface area contributed by atoms with Gasteiger partial charge in [-0.1, -0.05) is 0 Å². The summed E-state index contributed by atoms with van der Waals surface area (Å²) in [7, 11) is 1.57. The van der Waals surface area contributed by atoms with E-state index in [2.05, 4.69) is 4.52 Å². The third-order valence-corrected chi connectivity index (χ3v) is 1.51. The van der Waals surface area contributed by atoms with E-state index in [0.29, 0.717) is 12.1 Å². The lowest BCUT2D eigenvalue weighted by atomic mass is 10.2. The first-order valence-electron chi connectivity index (χ1n) is 3.47. The van der Waals surface area contributed by atoms with Crippen molar-refractivity contribution >= 4 is 5.97 Å². The normalized spacial score (nSPS) is 10.1. The Hall–Kier alpha value is -1.52. The van der Waals surface area contributed by atoms with Crippen molar-refractivity contribution in [3.8, 4) is 0 Å². The number of aliphatic carboxylic acids is 1. The number of rotatable bonds is 3. The van der Waals surface area contributed by atoms with Crippen LogP contribution < -0.4 is 5.63 Å². The van der Waals surface area contributed by atoms with E-state index < -0.39 is 11.6 Å². The molecule has 0 spiro atoms. The summed E-state index contributed by atoms with van der Waals surface area (Å²) in [6.07, 6.45) is 0.324. The molecule has 0 radical (unpaired) electrons. The minimum Gasteiger partial charge on any atom is -0.481 e. The Kier molecular flexibility index (Phi) is 2.32. The highest BCUT2D eigenvalue weighted by atomic mass is 16.5. The van der Waals surface area contributed by atoms with Crippen molar-refractivity contribution in [2.45, 2.75) is 12.8 Å². The predicted molar refractivity (Wildman–Crippen MR) is 39.9 cm³/mol. The molecule has 0 saturated carbocycles. The van der Waals surface area contributed by atoms with Crippen molar-refractivity contribution in [1.29, 1.82) is 0 Å². The quantitative estimate of drug-likeness (QED) is 0.694. The molecule has 66 valence electrons. The first-order chi connectivity index (χ1) is 5.59. The summed E-state index contributed by atoms with van der Waals surface area (Å²) >= 11 is 0. The van der Waals surface area contributed by atoms with Crippen molar-refractivity contribution in [3.63, 3.8) is 0 Å². The van der Waals surface area contributed by atoms with E-state index in [1.54, 1.807) is 7.05 Å². The Labute approximate surface area is 68.2 Å². The average Bonchev–Trinajstić information content (AvgIpc) is 2.26. The molecule has 1 rings (SSSR count). The molecule has 0 aliphatic heterocycles. The SMILES string of the molecule is Cn1oc(=O)cc1CCC(=O)O. The van der Waals surface area contributed by atoms with Crippen LogP contribution in [-0.2, 0) is 18.3 Å². The molecule has 1 heterocycles. The van der Waals surface area contributed by atoms with Crippen LogP contribution in [0.25, 0.3) is 0 Å². The van der Waals surface area contributed by atoms with E-state index in [-0.39, 0.29) is 6.42 Å². The number of carboxylic acid groups (broad SMARTS) is 1. The van der Waals surface area contributed by atoms with E-state index in [1.807, 2.05) is 0 Å². The van der Waals surface area contributed by atoms with Crippen molar-refractivity contribution in [2.75, 3.05) is 0 Å². The Morgan fingerprint density at radius 1 is 1.75 bits per heavy atom. The third-order valence-electron chi connectivity index (χ3n) is 1.51. The summed E-state index contributed by atoms with van der Waals surface area (Å²) in [5.74, 6) is -0.886. The molecule has 1 aromatic rings. The van der Waals surface area contributed by atoms with Crippen molar-refractivity contribution in [2.24, 2.45) is 7.05 Å². The molecule has 0 saturated heterocycles. The Bertz CT molecular complexity index is 335. The fraction of sp³-hybridized carbons (Fsp3) is 0.429. The van der Waals surface area contributed by atoms with Crippen LogP contribution in [0.5, 0.6) is 0 Å². The molecule has 0 aliphatic rings. The second-order valence-electron chi connectivity index (χ2n) is 2.44. The average molecular weight is 171 g/mol. The fourth-order valence-corrected chi connectivity index (χ4v) is 0.911. The lowest BCUT2D eigenvalue weighted by Gasteiger charge is -1.95. The van der Waals surface area contributed by atoms with Gasteiger partial charge in [-0.05, 0) is 0 Å². The van der Waals surface area contributed by atoms with Gasteiger partial charge in [-0.3, -0.25) is 4.79 Å². The Morgan fingerprint density at radius 2 is 2.42 bits per heavy atom. The summed E-state index contributed by atoms with van der Waals surface area (Å²) in [5, 5.41) is 8.35. The number of aryl methyl sites for hydroxylation is 2. The number of nitrogens with zero attached hydrogens (tertiary/aromatic N) is 1. The van der Waals surface area contributed by atoms with Crippen LogP contribution in [0.15, 0.2) is 15.4 Å². The first kappa shape index (κ1) is 8.58. The smallest absolute Gasteiger partial charge is 0.357 e. The van der Waals surface area contributed by atoms with E-state index in [1.165, 1.54) is 10.8 Å². The van der Waals surface area contributed by atoms with Crippen molar-refractivity contribution < 1.29 is 14.4 Å². The van der Waals surface area contributed by atoms with Crippen LogP contribution in [0.2, 0.25) is 0 Å². The molecule has 0 aliphatic carbocycles. The molecule has 12 heavy (non-hydrogen) atoms. The second-order valence-corrected chi connectivity index (χ2v) is 2.44. The molecule has 0 unspecified atom stereocenters. The lowest BCUT2D eigenvalue weighted by Crippen LogP contribution is -2.01. The highest BCUT2D eigenvalue weighted by Crippen LogP contribution is 1.99. The lowest BCUT2D eigenvalue weighted by molar-refractivity contribution is -0.137. The van der Waals surface area contributed by atoms with Crippen molar-refractivity contribution in [1.82, 2.24) is 4.74 Å². The van der Waals surface area contributed by atoms with Crippen LogP contribution in [0, 0.1) is 0 Å². The number of hydrogen-bond acceptors (Lipinski definition) is 3. The van der Waals surface area contributed by atoms with E-state index in [4.69, 9.17) is 5.11 Å². The fourth-order valence-electron chi connectivity index (χ4n) is 0.911. The molecule has 0 bridgehead atoms. The largest absolute Gasteiger partial charge is 0.481 e. The molecular formula is C7H9NO4. The summed E-state index contributed by atoms with van der Waals surface area (Å²) in [6, 6.07) is 1.29. The molecule has 0 fully saturated rings. The summed E-state index contributed by atoms with van der Waals surface area (Å²) in [5.41, 5.74) is 0.153. The van der Waals surface area contributed by atoms with Gasteiger partial charge >= 0.3 is 11.6 Å². The minimum atomic E-state index is -0.886. The zero-order valence-electron chi connectivity index (χ0n) is 6.61. The topological polar surface area (TPSA) is 72.4 Å². The van der Waals surface area contributed by atoms with Crippen LogP contribution in [-0.4, -0.2) is 15.8 Å². The monoisotopic (exact) mass is 171 g/mol. The maximum atomic E-state index is 10.6. The molecule has 0 amide bonds. The van der Waals surface area contributed by atoms with Gasteiger partial charge in [-0.2, -0.15) is 0 Å². The van der Waals surface area contributed by atoms with Gasteiger partial charge in [0.15, 0.2) is 0 Å². The molecule has 0 aromatic carbocycles. The van der Waals surface area contributed by atoms with Gasteiger partial charge in [-0.15, -0.1) is 0 Å². The van der Waals surface area contributed by atoms with E-state index in [9.17, 15) is 9.59 Å². The molecule has 0 atom stereocenters. The van der Waals surface area contributed by atoms with Crippen LogP contribution >= 0.6 is 0 Å². The summed E-state index contributed by atoms with van der Waals surface area (Å²) in [4.78, 5) is 20.8. The first-order valence-corrected chi connectivity index (χ1v) is 3.47. The van der Waals surface area contributed by atoms with Gasteiger partial charge in [0.05, 0.1) is 12.1 Å². The van der Waals surface area contributed by atoms with Gasteiger partial charge in [0.1, 0.15) is 0 Å². The van der Waals surface area contributed by atoms with Gasteiger partial charge in [0.2, 0.25) is 0 Å². The number of carboxylic acids is 1. The van der Waals surface area contributed by atoms with Gasteiger partial charge < -0.3 is 9.63 Å². The Balaban J connectivity index is 2.69. The van der Waals surface area contributed by atoms with E-state index >= 15 is 0 Å². The van der Waals surface area contributed by atoms with E-state index in [0.717, 1.165) is 0 Å². The predicted octanol–water partition coefficient (Wildman–Crippen LogP) is -0.00450. The summed E-state index contributed by atoms with van der Waals surface area (Å²) in [6.45, 7) is 0.